The summed E-state index contributed by atoms with van der Waals surface area (Å²) < 4.78 is 5.00. The number of ether oxygens (including phenoxy) is 1. The van der Waals surface area contributed by atoms with Crippen LogP contribution in [-0.2, 0) is 11.2 Å². The highest BCUT2D eigenvalue weighted by Crippen LogP contribution is 2.13. The van der Waals surface area contributed by atoms with E-state index in [1.807, 2.05) is 42.5 Å². The predicted molar refractivity (Wildman–Crippen MR) is 90.7 cm³/mol. The Bertz CT molecular complexity index is 611. The van der Waals surface area contributed by atoms with Gasteiger partial charge in [-0.2, -0.15) is 0 Å². The lowest BCUT2D eigenvalue weighted by molar-refractivity contribution is 0.0526. The van der Waals surface area contributed by atoms with Crippen LogP contribution in [0.3, 0.4) is 0 Å². The zero-order valence-electron chi connectivity index (χ0n) is 12.6. The summed E-state index contributed by atoms with van der Waals surface area (Å²) in [6.07, 6.45) is 1.99. The minimum absolute atomic E-state index is 0.285. The average Bonchev–Trinajstić information content (AvgIpc) is 2.54. The van der Waals surface area contributed by atoms with Crippen molar-refractivity contribution in [2.75, 3.05) is 18.5 Å². The van der Waals surface area contributed by atoms with Crippen molar-refractivity contribution in [3.05, 3.63) is 64.7 Å². The van der Waals surface area contributed by atoms with E-state index in [0.29, 0.717) is 12.2 Å². The zero-order chi connectivity index (χ0) is 15.8. The lowest BCUT2D eigenvalue weighted by Gasteiger charge is -2.08. The number of nitrogens with one attached hydrogen (secondary N) is 1. The van der Waals surface area contributed by atoms with Gasteiger partial charge >= 0.3 is 5.97 Å². The van der Waals surface area contributed by atoms with Crippen LogP contribution in [0.4, 0.5) is 5.69 Å². The molecular weight excluding hydrogens is 298 g/mol. The van der Waals surface area contributed by atoms with Gasteiger partial charge in [0.2, 0.25) is 0 Å². The van der Waals surface area contributed by atoms with E-state index in [1.165, 1.54) is 5.56 Å². The second-order valence-electron chi connectivity index (χ2n) is 4.96. The lowest BCUT2D eigenvalue weighted by atomic mass is 10.1. The number of esters is 1. The van der Waals surface area contributed by atoms with Crippen LogP contribution in [0.2, 0.25) is 5.02 Å². The summed E-state index contributed by atoms with van der Waals surface area (Å²) in [5, 5.41) is 4.09. The first-order chi connectivity index (χ1) is 10.7. The first kappa shape index (κ1) is 16.4. The Kier molecular flexibility index (Phi) is 6.28. The maximum atomic E-state index is 11.7. The van der Waals surface area contributed by atoms with Crippen molar-refractivity contribution in [3.63, 3.8) is 0 Å². The molecule has 1 N–H and O–H groups in total. The smallest absolute Gasteiger partial charge is 0.338 e. The largest absolute Gasteiger partial charge is 0.462 e. The summed E-state index contributed by atoms with van der Waals surface area (Å²) in [5.41, 5.74) is 2.78. The van der Waals surface area contributed by atoms with Crippen molar-refractivity contribution in [2.45, 2.75) is 19.8 Å². The van der Waals surface area contributed by atoms with E-state index in [4.69, 9.17) is 16.3 Å². The van der Waals surface area contributed by atoms with Gasteiger partial charge in [0.1, 0.15) is 0 Å². The van der Waals surface area contributed by atoms with Crippen molar-refractivity contribution >= 4 is 23.3 Å². The molecular formula is C18H20ClNO2. The van der Waals surface area contributed by atoms with Gasteiger partial charge in [-0.1, -0.05) is 29.8 Å². The number of carbonyl (C=O) groups excluding carboxylic acids is 1. The minimum Gasteiger partial charge on any atom is -0.462 e. The third-order valence-corrected chi connectivity index (χ3v) is 3.51. The van der Waals surface area contributed by atoms with Gasteiger partial charge in [0.15, 0.2) is 0 Å². The Hall–Kier alpha value is -2.00. The van der Waals surface area contributed by atoms with Crippen LogP contribution in [0, 0.1) is 0 Å². The standard InChI is InChI=1S/C18H20ClNO2/c1-2-22-18(21)15-6-3-7-17(13-15)20-12-4-5-14-8-10-16(19)11-9-14/h3,6-11,13,20H,2,4-5,12H2,1H3. The first-order valence-corrected chi connectivity index (χ1v) is 7.82. The van der Waals surface area contributed by atoms with Crippen molar-refractivity contribution in [2.24, 2.45) is 0 Å². The Morgan fingerprint density at radius 2 is 1.95 bits per heavy atom. The molecule has 2 aromatic carbocycles. The fourth-order valence-corrected chi connectivity index (χ4v) is 2.27. The highest BCUT2D eigenvalue weighted by Gasteiger charge is 2.06. The van der Waals surface area contributed by atoms with Crippen LogP contribution >= 0.6 is 11.6 Å². The molecule has 22 heavy (non-hydrogen) atoms. The van der Waals surface area contributed by atoms with Gasteiger partial charge in [-0.05, 0) is 55.7 Å². The van der Waals surface area contributed by atoms with Gasteiger partial charge in [-0.15, -0.1) is 0 Å². The van der Waals surface area contributed by atoms with Crippen LogP contribution < -0.4 is 5.32 Å². The van der Waals surface area contributed by atoms with E-state index in [0.717, 1.165) is 30.1 Å². The summed E-state index contributed by atoms with van der Waals surface area (Å²) in [4.78, 5) is 11.7. The molecule has 0 atom stereocenters. The Balaban J connectivity index is 1.80. The third-order valence-electron chi connectivity index (χ3n) is 3.26. The van der Waals surface area contributed by atoms with Crippen LogP contribution in [0.1, 0.15) is 29.3 Å². The SMILES string of the molecule is CCOC(=O)c1cccc(NCCCc2ccc(Cl)cc2)c1. The molecule has 0 bridgehead atoms. The van der Waals surface area contributed by atoms with E-state index < -0.39 is 0 Å². The molecule has 0 saturated heterocycles. The number of hydrogen-bond donors (Lipinski definition) is 1. The summed E-state index contributed by atoms with van der Waals surface area (Å²) in [7, 11) is 0. The minimum atomic E-state index is -0.285. The third kappa shape index (κ3) is 5.08. The van der Waals surface area contributed by atoms with E-state index in [2.05, 4.69) is 5.32 Å². The van der Waals surface area contributed by atoms with Gasteiger partial charge in [-0.3, -0.25) is 0 Å². The molecule has 2 aromatic rings. The molecule has 0 spiro atoms. The van der Waals surface area contributed by atoms with Crippen molar-refractivity contribution in [1.82, 2.24) is 0 Å². The summed E-state index contributed by atoms with van der Waals surface area (Å²) in [6, 6.07) is 15.3. The highest BCUT2D eigenvalue weighted by molar-refractivity contribution is 6.30. The molecule has 2 rings (SSSR count). The predicted octanol–water partition coefficient (Wildman–Crippen LogP) is 4.56. The first-order valence-electron chi connectivity index (χ1n) is 7.44. The maximum Gasteiger partial charge on any atom is 0.338 e. The van der Waals surface area contributed by atoms with Crippen molar-refractivity contribution < 1.29 is 9.53 Å². The molecule has 0 heterocycles. The van der Waals surface area contributed by atoms with Crippen LogP contribution in [0.25, 0.3) is 0 Å². The molecule has 0 saturated carbocycles. The Morgan fingerprint density at radius 1 is 1.18 bits per heavy atom. The monoisotopic (exact) mass is 317 g/mol. The van der Waals surface area contributed by atoms with Crippen LogP contribution in [0.5, 0.6) is 0 Å². The maximum absolute atomic E-state index is 11.7. The molecule has 0 radical (unpaired) electrons. The van der Waals surface area contributed by atoms with E-state index >= 15 is 0 Å². The fraction of sp³-hybridized carbons (Fsp3) is 0.278. The summed E-state index contributed by atoms with van der Waals surface area (Å²) >= 11 is 5.87. The normalized spacial score (nSPS) is 10.3. The molecule has 0 unspecified atom stereocenters. The molecule has 0 aliphatic carbocycles. The van der Waals surface area contributed by atoms with E-state index in [9.17, 15) is 4.79 Å². The number of rotatable bonds is 7. The van der Waals surface area contributed by atoms with Crippen molar-refractivity contribution in [1.29, 1.82) is 0 Å². The fourth-order valence-electron chi connectivity index (χ4n) is 2.15. The molecule has 4 heteroatoms. The Morgan fingerprint density at radius 3 is 2.68 bits per heavy atom. The second-order valence-corrected chi connectivity index (χ2v) is 5.39. The topological polar surface area (TPSA) is 38.3 Å². The molecule has 0 aliphatic rings. The number of benzene rings is 2. The summed E-state index contributed by atoms with van der Waals surface area (Å²) in [6.45, 7) is 3.03. The molecule has 0 fully saturated rings. The quantitative estimate of drug-likeness (QED) is 0.601. The molecule has 3 nitrogen and oxygen atoms in total. The second kappa shape index (κ2) is 8.44. The molecule has 0 amide bonds. The van der Waals surface area contributed by atoms with Gasteiger partial charge in [0.25, 0.3) is 0 Å². The zero-order valence-corrected chi connectivity index (χ0v) is 13.4. The van der Waals surface area contributed by atoms with Crippen LogP contribution in [0.15, 0.2) is 48.5 Å². The van der Waals surface area contributed by atoms with Crippen LogP contribution in [-0.4, -0.2) is 19.1 Å². The van der Waals surface area contributed by atoms with Crippen molar-refractivity contribution in [3.8, 4) is 0 Å². The Labute approximate surface area is 136 Å². The highest BCUT2D eigenvalue weighted by atomic mass is 35.5. The average molecular weight is 318 g/mol. The van der Waals surface area contributed by atoms with Gasteiger partial charge in [0.05, 0.1) is 12.2 Å². The molecule has 116 valence electrons. The number of aryl methyl sites for hydroxylation is 1. The number of anilines is 1. The van der Waals surface area contributed by atoms with E-state index in [1.54, 1.807) is 13.0 Å². The lowest BCUT2D eigenvalue weighted by Crippen LogP contribution is -2.07. The number of carbonyl (C=O) groups is 1. The van der Waals surface area contributed by atoms with Gasteiger partial charge < -0.3 is 10.1 Å². The summed E-state index contributed by atoms with van der Waals surface area (Å²) in [5.74, 6) is -0.285. The number of hydrogen-bond acceptors (Lipinski definition) is 3. The number of halogens is 1. The van der Waals surface area contributed by atoms with E-state index in [-0.39, 0.29) is 5.97 Å². The molecule has 0 aliphatic heterocycles. The van der Waals surface area contributed by atoms with Gasteiger partial charge in [0, 0.05) is 17.3 Å². The van der Waals surface area contributed by atoms with Gasteiger partial charge in [-0.25, -0.2) is 4.79 Å². The molecule has 0 aromatic heterocycles.